The molecule has 0 N–H and O–H groups in total. The van der Waals surface area contributed by atoms with Gasteiger partial charge in [-0.1, -0.05) is 59.6 Å². The van der Waals surface area contributed by atoms with Gasteiger partial charge in [-0.2, -0.15) is 18.3 Å². The fourth-order valence-electron chi connectivity index (χ4n) is 4.37. The molecule has 1 aromatic heterocycles. The Kier molecular flexibility index (Phi) is 9.09. The smallest absolute Gasteiger partial charge is 0.416 e. The molecule has 1 atom stereocenters. The van der Waals surface area contributed by atoms with Crippen molar-refractivity contribution in [2.75, 3.05) is 13.7 Å². The van der Waals surface area contributed by atoms with Gasteiger partial charge in [0.15, 0.2) is 5.69 Å². The first-order valence-electron chi connectivity index (χ1n) is 12.6. The van der Waals surface area contributed by atoms with Crippen molar-refractivity contribution in [2.24, 2.45) is 0 Å². The number of carbonyl (C=O) groups excluding carboxylic acids is 2. The number of nitrogens with zero attached hydrogens (tertiary/aromatic N) is 3. The van der Waals surface area contributed by atoms with E-state index in [1.54, 1.807) is 62.4 Å². The van der Waals surface area contributed by atoms with Crippen LogP contribution < -0.4 is 0 Å². The lowest BCUT2D eigenvalue weighted by molar-refractivity contribution is -0.142. The van der Waals surface area contributed by atoms with Crippen LogP contribution in [0.1, 0.15) is 47.1 Å². The molecule has 1 amide bonds. The monoisotopic (exact) mass is 603 g/mol. The predicted octanol–water partition coefficient (Wildman–Crippen LogP) is 7.80. The summed E-state index contributed by atoms with van der Waals surface area (Å²) in [5.74, 6) is -1.10. The van der Waals surface area contributed by atoms with Crippen LogP contribution in [0, 0.1) is 0 Å². The van der Waals surface area contributed by atoms with Gasteiger partial charge in [-0.3, -0.25) is 9.59 Å². The van der Waals surface area contributed by atoms with E-state index in [9.17, 15) is 22.8 Å². The van der Waals surface area contributed by atoms with Crippen molar-refractivity contribution in [3.63, 3.8) is 0 Å². The van der Waals surface area contributed by atoms with Crippen LogP contribution in [0.2, 0.25) is 10.0 Å². The average Bonchev–Trinajstić information content (AvgIpc) is 3.30. The molecule has 1 heterocycles. The van der Waals surface area contributed by atoms with Gasteiger partial charge in [0, 0.05) is 23.2 Å². The van der Waals surface area contributed by atoms with E-state index < -0.39 is 29.7 Å². The van der Waals surface area contributed by atoms with Crippen molar-refractivity contribution in [3.05, 3.63) is 105 Å². The summed E-state index contributed by atoms with van der Waals surface area (Å²) in [4.78, 5) is 28.1. The Balaban J connectivity index is 1.86. The summed E-state index contributed by atoms with van der Waals surface area (Å²) in [5, 5.41) is 5.50. The number of aromatic nitrogens is 2. The molecule has 0 aliphatic rings. The third-order valence-corrected chi connectivity index (χ3v) is 7.20. The largest absolute Gasteiger partial charge is 0.466 e. The van der Waals surface area contributed by atoms with Crippen molar-refractivity contribution in [1.82, 2.24) is 14.7 Å². The molecular formula is C30H26Cl2F3N3O3. The number of rotatable bonds is 8. The zero-order valence-corrected chi connectivity index (χ0v) is 23.9. The number of benzene rings is 3. The number of para-hydroxylation sites is 1. The van der Waals surface area contributed by atoms with Gasteiger partial charge in [-0.05, 0) is 55.8 Å². The van der Waals surface area contributed by atoms with E-state index >= 15 is 0 Å². The van der Waals surface area contributed by atoms with E-state index in [1.807, 2.05) is 0 Å². The Morgan fingerprint density at radius 1 is 1.00 bits per heavy atom. The number of ether oxygens (including phenoxy) is 1. The molecule has 3 aromatic carbocycles. The van der Waals surface area contributed by atoms with Crippen molar-refractivity contribution in [1.29, 1.82) is 0 Å². The van der Waals surface area contributed by atoms with Gasteiger partial charge in [-0.15, -0.1) is 0 Å². The van der Waals surface area contributed by atoms with Gasteiger partial charge >= 0.3 is 12.1 Å². The topological polar surface area (TPSA) is 64.4 Å². The second kappa shape index (κ2) is 12.4. The molecule has 4 aromatic rings. The second-order valence-electron chi connectivity index (χ2n) is 9.24. The van der Waals surface area contributed by atoms with Crippen LogP contribution in [0.5, 0.6) is 0 Å². The Bertz CT molecular complexity index is 1550. The Morgan fingerprint density at radius 2 is 1.63 bits per heavy atom. The van der Waals surface area contributed by atoms with Crippen molar-refractivity contribution in [2.45, 2.75) is 32.5 Å². The Hall–Kier alpha value is -3.82. The van der Waals surface area contributed by atoms with E-state index in [4.69, 9.17) is 27.9 Å². The van der Waals surface area contributed by atoms with E-state index in [0.717, 1.165) is 12.1 Å². The summed E-state index contributed by atoms with van der Waals surface area (Å²) in [7, 11) is 1.52. The molecule has 6 nitrogen and oxygen atoms in total. The number of alkyl halides is 3. The van der Waals surface area contributed by atoms with Gasteiger partial charge in [-0.25, -0.2) is 4.68 Å². The highest BCUT2D eigenvalue weighted by molar-refractivity contribution is 6.32. The van der Waals surface area contributed by atoms with Crippen molar-refractivity contribution < 1.29 is 27.5 Å². The summed E-state index contributed by atoms with van der Waals surface area (Å²) in [5.41, 5.74) is 1.53. The van der Waals surface area contributed by atoms with Gasteiger partial charge in [0.25, 0.3) is 5.91 Å². The molecule has 0 saturated heterocycles. The highest BCUT2D eigenvalue weighted by Crippen LogP contribution is 2.35. The lowest BCUT2D eigenvalue weighted by atomic mass is 10.0. The number of hydrogen-bond acceptors (Lipinski definition) is 4. The highest BCUT2D eigenvalue weighted by atomic mass is 35.5. The minimum atomic E-state index is -4.48. The van der Waals surface area contributed by atoms with Gasteiger partial charge in [0.2, 0.25) is 0 Å². The first-order valence-corrected chi connectivity index (χ1v) is 13.4. The SMILES string of the molecule is CCOC(=O)Cc1c(C(=O)N(C)[C@H](C)c2ccc(C(F)(F)F)cc2)nn(-c2ccccc2Cl)c1-c1ccc(Cl)cc1. The summed E-state index contributed by atoms with van der Waals surface area (Å²) in [6.07, 6.45) is -4.74. The van der Waals surface area contributed by atoms with Crippen LogP contribution in [0.4, 0.5) is 13.2 Å². The molecule has 0 fully saturated rings. The van der Waals surface area contributed by atoms with Crippen molar-refractivity contribution in [3.8, 4) is 16.9 Å². The molecule has 41 heavy (non-hydrogen) atoms. The Morgan fingerprint density at radius 3 is 2.22 bits per heavy atom. The second-order valence-corrected chi connectivity index (χ2v) is 10.1. The zero-order chi connectivity index (χ0) is 29.9. The summed E-state index contributed by atoms with van der Waals surface area (Å²) < 4.78 is 45.9. The minimum Gasteiger partial charge on any atom is -0.466 e. The van der Waals surface area contributed by atoms with E-state index in [-0.39, 0.29) is 18.7 Å². The van der Waals surface area contributed by atoms with Crippen LogP contribution in [0.25, 0.3) is 16.9 Å². The van der Waals surface area contributed by atoms with Crippen molar-refractivity contribution >= 4 is 35.1 Å². The molecule has 0 radical (unpaired) electrons. The van der Waals surface area contributed by atoms with Crippen LogP contribution >= 0.6 is 23.2 Å². The maximum absolute atomic E-state index is 14.0. The fraction of sp³-hybridized carbons (Fsp3) is 0.233. The number of carbonyl (C=O) groups is 2. The maximum atomic E-state index is 14.0. The molecule has 0 aliphatic carbocycles. The van der Waals surface area contributed by atoms with Crippen LogP contribution in [0.3, 0.4) is 0 Å². The van der Waals surface area contributed by atoms with Crippen LogP contribution in [-0.4, -0.2) is 40.2 Å². The fourth-order valence-corrected chi connectivity index (χ4v) is 4.71. The minimum absolute atomic E-state index is 0.0239. The molecule has 0 unspecified atom stereocenters. The van der Waals surface area contributed by atoms with Crippen LogP contribution in [-0.2, 0) is 22.1 Å². The molecule has 4 rings (SSSR count). The summed E-state index contributed by atoms with van der Waals surface area (Å²) >= 11 is 12.7. The molecule has 0 aliphatic heterocycles. The molecule has 11 heteroatoms. The van der Waals surface area contributed by atoms with Gasteiger partial charge < -0.3 is 9.64 Å². The molecule has 0 saturated carbocycles. The lowest BCUT2D eigenvalue weighted by Gasteiger charge is -2.25. The normalized spacial score (nSPS) is 12.2. The first kappa shape index (κ1) is 30.1. The third kappa shape index (κ3) is 6.57. The number of esters is 1. The molecular weight excluding hydrogens is 578 g/mol. The average molecular weight is 604 g/mol. The van der Waals surface area contributed by atoms with Gasteiger partial charge in [0.05, 0.1) is 41.0 Å². The van der Waals surface area contributed by atoms with E-state index in [1.165, 1.54) is 28.8 Å². The zero-order valence-electron chi connectivity index (χ0n) is 22.4. The molecule has 0 bridgehead atoms. The predicted molar refractivity (Wildman–Crippen MR) is 151 cm³/mol. The number of hydrogen-bond donors (Lipinski definition) is 0. The van der Waals surface area contributed by atoms with E-state index in [0.29, 0.717) is 38.1 Å². The Labute approximate surface area is 245 Å². The summed E-state index contributed by atoms with van der Waals surface area (Å²) in [6.45, 7) is 3.51. The third-order valence-electron chi connectivity index (χ3n) is 6.63. The maximum Gasteiger partial charge on any atom is 0.416 e. The van der Waals surface area contributed by atoms with Gasteiger partial charge in [0.1, 0.15) is 0 Å². The van der Waals surface area contributed by atoms with Crippen LogP contribution in [0.15, 0.2) is 72.8 Å². The van der Waals surface area contributed by atoms with E-state index in [2.05, 4.69) is 5.10 Å². The summed E-state index contributed by atoms with van der Waals surface area (Å²) in [6, 6.07) is 17.7. The molecule has 0 spiro atoms. The molecule has 214 valence electrons. The number of amides is 1. The standard InChI is InChI=1S/C30H26Cl2F3N3O3/c1-4-41-26(39)17-23-27(29(40)37(3)18(2)19-9-13-21(14-10-19)30(33,34)35)36-38(25-8-6-5-7-24(25)32)28(23)20-11-15-22(31)16-12-20/h5-16,18H,4,17H2,1-3H3/t18-/m1/s1. The highest BCUT2D eigenvalue weighted by Gasteiger charge is 2.32. The first-order chi connectivity index (χ1) is 19.4. The number of halogens is 5. The quantitative estimate of drug-likeness (QED) is 0.193. The lowest BCUT2D eigenvalue weighted by Crippen LogP contribution is -2.31.